The van der Waals surface area contributed by atoms with E-state index in [1.807, 2.05) is 34.1 Å². The monoisotopic (exact) mass is 456 g/mol. The van der Waals surface area contributed by atoms with Crippen LogP contribution < -0.4 is 4.90 Å². The molecule has 2 aromatic carbocycles. The van der Waals surface area contributed by atoms with E-state index in [1.165, 1.54) is 22.6 Å². The van der Waals surface area contributed by atoms with Crippen LogP contribution in [0.25, 0.3) is 22.3 Å². The van der Waals surface area contributed by atoms with Crippen molar-refractivity contribution in [1.29, 1.82) is 0 Å². The first kappa shape index (κ1) is 22.1. The summed E-state index contributed by atoms with van der Waals surface area (Å²) in [5.41, 5.74) is 6.09. The van der Waals surface area contributed by atoms with E-state index in [9.17, 15) is 9.18 Å². The molecule has 0 unspecified atom stereocenters. The minimum atomic E-state index is -0.208. The molecule has 174 valence electrons. The Kier molecular flexibility index (Phi) is 6.30. The number of nitrogens with one attached hydrogen (secondary N) is 1. The summed E-state index contributed by atoms with van der Waals surface area (Å²) in [5, 5.41) is 1.20. The fourth-order valence-corrected chi connectivity index (χ4v) is 4.83. The van der Waals surface area contributed by atoms with Crippen molar-refractivity contribution < 1.29 is 9.18 Å². The fourth-order valence-electron chi connectivity index (χ4n) is 4.83. The van der Waals surface area contributed by atoms with Crippen LogP contribution in [0.3, 0.4) is 0 Å². The molecule has 0 spiro atoms. The molecule has 1 amide bonds. The number of para-hydroxylation sites is 1. The Balaban J connectivity index is 1.24. The first-order valence-corrected chi connectivity index (χ1v) is 11.9. The molecule has 34 heavy (non-hydrogen) atoms. The number of H-pyrrole nitrogens is 1. The number of hydrogen-bond donors (Lipinski definition) is 1. The molecule has 0 aliphatic carbocycles. The highest BCUT2D eigenvalue weighted by Crippen LogP contribution is 2.31. The standard InChI is InChI=1S/C28H29FN4O/c1-20-12-13-24-22(19-20)21(28(31-24)25-9-4-5-14-30-25)7-6-11-27(34)33-17-15-32(16-18-33)26-10-3-2-8-23(26)29/h2-5,8-10,12-14,19,31H,6-7,11,15-18H2,1H3. The number of rotatable bonds is 6. The number of aromatic nitrogens is 2. The van der Waals surface area contributed by atoms with Gasteiger partial charge in [-0.15, -0.1) is 0 Å². The van der Waals surface area contributed by atoms with Crippen molar-refractivity contribution >= 4 is 22.5 Å². The number of halogens is 1. The highest BCUT2D eigenvalue weighted by Gasteiger charge is 2.23. The van der Waals surface area contributed by atoms with Crippen LogP contribution in [0.1, 0.15) is 24.0 Å². The molecule has 0 saturated carbocycles. The first-order valence-electron chi connectivity index (χ1n) is 11.9. The number of carbonyl (C=O) groups is 1. The normalized spacial score (nSPS) is 14.1. The number of nitrogens with zero attached hydrogens (tertiary/aromatic N) is 3. The average Bonchev–Trinajstić information content (AvgIpc) is 3.22. The third-order valence-electron chi connectivity index (χ3n) is 6.63. The molecule has 1 N–H and O–H groups in total. The zero-order valence-corrected chi connectivity index (χ0v) is 19.4. The topological polar surface area (TPSA) is 52.2 Å². The Morgan fingerprint density at radius 3 is 2.59 bits per heavy atom. The Morgan fingerprint density at radius 2 is 1.82 bits per heavy atom. The number of aromatic amines is 1. The summed E-state index contributed by atoms with van der Waals surface area (Å²) in [5.74, 6) is -0.0384. The molecule has 1 saturated heterocycles. The lowest BCUT2D eigenvalue weighted by molar-refractivity contribution is -0.131. The van der Waals surface area contributed by atoms with Crippen molar-refractivity contribution in [3.8, 4) is 11.4 Å². The summed E-state index contributed by atoms with van der Waals surface area (Å²) in [6.45, 7) is 4.65. The lowest BCUT2D eigenvalue weighted by Crippen LogP contribution is -2.49. The molecule has 5 rings (SSSR count). The molecule has 2 aromatic heterocycles. The molecular weight excluding hydrogens is 427 g/mol. The summed E-state index contributed by atoms with van der Waals surface area (Å²) in [6, 6.07) is 19.2. The molecular formula is C28H29FN4O. The molecule has 5 nitrogen and oxygen atoms in total. The second kappa shape index (κ2) is 9.67. The predicted octanol–water partition coefficient (Wildman–Crippen LogP) is 5.35. The minimum absolute atomic E-state index is 0.170. The highest BCUT2D eigenvalue weighted by atomic mass is 19.1. The zero-order chi connectivity index (χ0) is 23.5. The number of carbonyl (C=O) groups excluding carboxylic acids is 1. The van der Waals surface area contributed by atoms with Gasteiger partial charge in [0, 0.05) is 49.7 Å². The van der Waals surface area contributed by atoms with Gasteiger partial charge < -0.3 is 14.8 Å². The molecule has 0 bridgehead atoms. The van der Waals surface area contributed by atoms with E-state index in [-0.39, 0.29) is 11.7 Å². The van der Waals surface area contributed by atoms with Crippen LogP contribution in [0.4, 0.5) is 10.1 Å². The van der Waals surface area contributed by atoms with E-state index >= 15 is 0 Å². The second-order valence-electron chi connectivity index (χ2n) is 8.92. The number of pyridine rings is 1. The van der Waals surface area contributed by atoms with Crippen molar-refractivity contribution in [2.45, 2.75) is 26.2 Å². The summed E-state index contributed by atoms with van der Waals surface area (Å²) in [7, 11) is 0. The smallest absolute Gasteiger partial charge is 0.222 e. The van der Waals surface area contributed by atoms with E-state index in [0.717, 1.165) is 29.7 Å². The van der Waals surface area contributed by atoms with Crippen LogP contribution in [0.15, 0.2) is 66.9 Å². The lowest BCUT2D eigenvalue weighted by Gasteiger charge is -2.36. The summed E-state index contributed by atoms with van der Waals surface area (Å²) in [4.78, 5) is 24.9. The van der Waals surface area contributed by atoms with Crippen molar-refractivity contribution in [2.75, 3.05) is 31.1 Å². The van der Waals surface area contributed by atoms with E-state index in [2.05, 4.69) is 35.1 Å². The molecule has 3 heterocycles. The van der Waals surface area contributed by atoms with Gasteiger partial charge in [0.15, 0.2) is 0 Å². The van der Waals surface area contributed by atoms with Gasteiger partial charge in [0.25, 0.3) is 0 Å². The SMILES string of the molecule is Cc1ccc2[nH]c(-c3ccccn3)c(CCCC(=O)N3CCN(c4ccccc4F)CC3)c2c1. The summed E-state index contributed by atoms with van der Waals surface area (Å²) < 4.78 is 14.1. The van der Waals surface area contributed by atoms with E-state index in [4.69, 9.17) is 0 Å². The van der Waals surface area contributed by atoms with Crippen molar-refractivity contribution in [1.82, 2.24) is 14.9 Å². The summed E-state index contributed by atoms with van der Waals surface area (Å²) >= 11 is 0. The molecule has 1 aliphatic heterocycles. The number of aryl methyl sites for hydroxylation is 2. The van der Waals surface area contributed by atoms with Gasteiger partial charge in [-0.3, -0.25) is 9.78 Å². The lowest BCUT2D eigenvalue weighted by atomic mass is 10.0. The van der Waals surface area contributed by atoms with Gasteiger partial charge in [-0.2, -0.15) is 0 Å². The maximum Gasteiger partial charge on any atom is 0.222 e. The summed E-state index contributed by atoms with van der Waals surface area (Å²) in [6.07, 6.45) is 3.88. The van der Waals surface area contributed by atoms with Crippen LogP contribution in [0.5, 0.6) is 0 Å². The van der Waals surface area contributed by atoms with Gasteiger partial charge in [-0.25, -0.2) is 4.39 Å². The molecule has 1 fully saturated rings. The molecule has 6 heteroatoms. The van der Waals surface area contributed by atoms with Crippen molar-refractivity contribution in [3.05, 3.63) is 83.8 Å². The molecule has 0 atom stereocenters. The fraction of sp³-hybridized carbons (Fsp3) is 0.286. The van der Waals surface area contributed by atoms with E-state index in [1.54, 1.807) is 18.3 Å². The number of fused-ring (bicyclic) bond motifs is 1. The van der Waals surface area contributed by atoms with Gasteiger partial charge in [0.2, 0.25) is 5.91 Å². The first-order chi connectivity index (χ1) is 16.6. The number of benzene rings is 2. The zero-order valence-electron chi connectivity index (χ0n) is 19.4. The van der Waals surface area contributed by atoms with Crippen LogP contribution in [-0.4, -0.2) is 47.0 Å². The molecule has 1 aliphatic rings. The maximum atomic E-state index is 14.1. The third-order valence-corrected chi connectivity index (χ3v) is 6.63. The van der Waals surface area contributed by atoms with Crippen LogP contribution >= 0.6 is 0 Å². The number of hydrogen-bond acceptors (Lipinski definition) is 3. The van der Waals surface area contributed by atoms with Gasteiger partial charge in [-0.05, 0) is 61.7 Å². The quantitative estimate of drug-likeness (QED) is 0.426. The van der Waals surface area contributed by atoms with E-state index < -0.39 is 0 Å². The van der Waals surface area contributed by atoms with Crippen LogP contribution in [0.2, 0.25) is 0 Å². The predicted molar refractivity (Wildman–Crippen MR) is 134 cm³/mol. The molecule has 4 aromatic rings. The van der Waals surface area contributed by atoms with Gasteiger partial charge in [-0.1, -0.05) is 29.8 Å². The van der Waals surface area contributed by atoms with E-state index in [0.29, 0.717) is 38.3 Å². The Bertz CT molecular complexity index is 1290. The second-order valence-corrected chi connectivity index (χ2v) is 8.92. The average molecular weight is 457 g/mol. The minimum Gasteiger partial charge on any atom is -0.366 e. The number of piperazine rings is 1. The Morgan fingerprint density at radius 1 is 1.03 bits per heavy atom. The van der Waals surface area contributed by atoms with Gasteiger partial charge in [0.1, 0.15) is 5.82 Å². The van der Waals surface area contributed by atoms with Gasteiger partial charge >= 0.3 is 0 Å². The van der Waals surface area contributed by atoms with Crippen molar-refractivity contribution in [3.63, 3.8) is 0 Å². The largest absolute Gasteiger partial charge is 0.366 e. The van der Waals surface area contributed by atoms with Crippen LogP contribution in [0, 0.1) is 12.7 Å². The highest BCUT2D eigenvalue weighted by molar-refractivity contribution is 5.90. The Hall–Kier alpha value is -3.67. The van der Waals surface area contributed by atoms with Gasteiger partial charge in [0.05, 0.1) is 17.1 Å². The Labute approximate surface area is 199 Å². The third kappa shape index (κ3) is 4.53. The number of anilines is 1. The van der Waals surface area contributed by atoms with Crippen molar-refractivity contribution in [2.24, 2.45) is 0 Å². The number of amides is 1. The van der Waals surface area contributed by atoms with Crippen LogP contribution in [-0.2, 0) is 11.2 Å². The maximum absolute atomic E-state index is 14.1. The molecule has 0 radical (unpaired) electrons.